The van der Waals surface area contributed by atoms with Gasteiger partial charge in [0.25, 0.3) is 0 Å². The van der Waals surface area contributed by atoms with Crippen LogP contribution in [0, 0.1) is 5.92 Å². The van der Waals surface area contributed by atoms with Crippen LogP contribution in [0.4, 0.5) is 5.69 Å². The number of rotatable bonds is 7. The van der Waals surface area contributed by atoms with Crippen LogP contribution in [0.2, 0.25) is 0 Å². The van der Waals surface area contributed by atoms with Crippen LogP contribution in [0.5, 0.6) is 0 Å². The summed E-state index contributed by atoms with van der Waals surface area (Å²) in [5.74, 6) is -0.0182. The van der Waals surface area contributed by atoms with Gasteiger partial charge in [-0.15, -0.1) is 0 Å². The highest BCUT2D eigenvalue weighted by molar-refractivity contribution is 5.92. The average Bonchev–Trinajstić information content (AvgIpc) is 2.96. The number of nitrogens with two attached hydrogens (primary N) is 1. The Kier molecular flexibility index (Phi) is 5.90. The molecule has 0 aliphatic rings. The quantitative estimate of drug-likeness (QED) is 0.730. The molecule has 1 aromatic carbocycles. The first-order valence-corrected chi connectivity index (χ1v) is 7.83. The van der Waals surface area contributed by atoms with E-state index in [0.717, 1.165) is 35.6 Å². The highest BCUT2D eigenvalue weighted by atomic mass is 16.1. The Morgan fingerprint density at radius 1 is 1.35 bits per heavy atom. The standard InChI is InChI=1S/C17H25N5O/c1-12(2)17(23)20-15-6-4-13(5-7-15)16-14(10-19-21-16)11-22(3)9-8-18/h4-7,10,12H,8-9,11,18H2,1-3H3,(H,19,21)(H,20,23). The van der Waals surface area contributed by atoms with Crippen molar-refractivity contribution in [3.8, 4) is 11.3 Å². The van der Waals surface area contributed by atoms with Crippen LogP contribution in [0.1, 0.15) is 19.4 Å². The lowest BCUT2D eigenvalue weighted by Crippen LogP contribution is -2.25. The molecule has 4 N–H and O–H groups in total. The largest absolute Gasteiger partial charge is 0.329 e. The van der Waals surface area contributed by atoms with Gasteiger partial charge in [0.2, 0.25) is 5.91 Å². The van der Waals surface area contributed by atoms with Crippen molar-refractivity contribution in [3.63, 3.8) is 0 Å². The number of benzene rings is 1. The molecule has 0 atom stereocenters. The number of hydrogen-bond donors (Lipinski definition) is 3. The number of hydrogen-bond acceptors (Lipinski definition) is 4. The average molecular weight is 315 g/mol. The number of carbonyl (C=O) groups excluding carboxylic acids is 1. The van der Waals surface area contributed by atoms with Crippen LogP contribution >= 0.6 is 0 Å². The van der Waals surface area contributed by atoms with Gasteiger partial charge < -0.3 is 16.0 Å². The summed E-state index contributed by atoms with van der Waals surface area (Å²) in [5.41, 5.74) is 9.55. The number of amides is 1. The third kappa shape index (κ3) is 4.64. The molecule has 0 bridgehead atoms. The second kappa shape index (κ2) is 7.89. The molecule has 6 heteroatoms. The van der Waals surface area contributed by atoms with Gasteiger partial charge in [0.15, 0.2) is 0 Å². The summed E-state index contributed by atoms with van der Waals surface area (Å²) in [5, 5.41) is 10.1. The van der Waals surface area contributed by atoms with Crippen LogP contribution in [0.15, 0.2) is 30.5 Å². The molecule has 0 aliphatic heterocycles. The Labute approximate surface area is 137 Å². The van der Waals surface area contributed by atoms with Crippen molar-refractivity contribution >= 4 is 11.6 Å². The smallest absolute Gasteiger partial charge is 0.226 e. The Balaban J connectivity index is 2.11. The third-order valence-corrected chi connectivity index (χ3v) is 3.63. The molecular weight excluding hydrogens is 290 g/mol. The molecule has 2 rings (SSSR count). The van der Waals surface area contributed by atoms with Crippen molar-refractivity contribution in [1.82, 2.24) is 15.1 Å². The maximum absolute atomic E-state index is 11.7. The fraction of sp³-hybridized carbons (Fsp3) is 0.412. The van der Waals surface area contributed by atoms with E-state index in [-0.39, 0.29) is 11.8 Å². The minimum atomic E-state index is -0.0352. The van der Waals surface area contributed by atoms with Crippen LogP contribution < -0.4 is 11.1 Å². The Bertz CT molecular complexity index is 633. The monoisotopic (exact) mass is 315 g/mol. The number of likely N-dealkylation sites (N-methyl/N-ethyl adjacent to an activating group) is 1. The predicted octanol–water partition coefficient (Wildman–Crippen LogP) is 2.06. The van der Waals surface area contributed by atoms with Gasteiger partial charge in [0, 0.05) is 42.4 Å². The summed E-state index contributed by atoms with van der Waals surface area (Å²) in [4.78, 5) is 13.9. The van der Waals surface area contributed by atoms with Gasteiger partial charge in [-0.2, -0.15) is 5.10 Å². The zero-order valence-corrected chi connectivity index (χ0v) is 14.0. The van der Waals surface area contributed by atoms with Crippen LogP contribution in [0.3, 0.4) is 0 Å². The van der Waals surface area contributed by atoms with E-state index in [0.29, 0.717) is 6.54 Å². The highest BCUT2D eigenvalue weighted by Gasteiger charge is 2.11. The fourth-order valence-corrected chi connectivity index (χ4v) is 2.28. The maximum atomic E-state index is 11.7. The molecule has 0 unspecified atom stereocenters. The van der Waals surface area contributed by atoms with E-state index >= 15 is 0 Å². The first kappa shape index (κ1) is 17.2. The molecule has 0 radical (unpaired) electrons. The van der Waals surface area contributed by atoms with E-state index in [1.54, 1.807) is 0 Å². The lowest BCUT2D eigenvalue weighted by molar-refractivity contribution is -0.118. The van der Waals surface area contributed by atoms with Gasteiger partial charge in [-0.1, -0.05) is 26.0 Å². The van der Waals surface area contributed by atoms with E-state index in [2.05, 4.69) is 20.4 Å². The van der Waals surface area contributed by atoms with Gasteiger partial charge in [-0.25, -0.2) is 0 Å². The van der Waals surface area contributed by atoms with Gasteiger partial charge in [-0.3, -0.25) is 9.89 Å². The molecule has 0 saturated carbocycles. The lowest BCUT2D eigenvalue weighted by Gasteiger charge is -2.15. The lowest BCUT2D eigenvalue weighted by atomic mass is 10.1. The minimum Gasteiger partial charge on any atom is -0.329 e. The molecule has 124 valence electrons. The summed E-state index contributed by atoms with van der Waals surface area (Å²) in [7, 11) is 2.04. The van der Waals surface area contributed by atoms with E-state index < -0.39 is 0 Å². The summed E-state index contributed by atoms with van der Waals surface area (Å²) in [6.07, 6.45) is 1.84. The van der Waals surface area contributed by atoms with Gasteiger partial charge in [-0.05, 0) is 19.2 Å². The molecule has 1 amide bonds. The summed E-state index contributed by atoms with van der Waals surface area (Å²) < 4.78 is 0. The topological polar surface area (TPSA) is 87.0 Å². The SMILES string of the molecule is CC(C)C(=O)Nc1ccc(-c2[nH]ncc2CN(C)CCN)cc1. The Morgan fingerprint density at radius 2 is 2.04 bits per heavy atom. The number of H-pyrrole nitrogens is 1. The van der Waals surface area contributed by atoms with Gasteiger partial charge in [0.1, 0.15) is 0 Å². The number of aromatic nitrogens is 2. The third-order valence-electron chi connectivity index (χ3n) is 3.63. The molecule has 23 heavy (non-hydrogen) atoms. The summed E-state index contributed by atoms with van der Waals surface area (Å²) in [6, 6.07) is 7.78. The maximum Gasteiger partial charge on any atom is 0.226 e. The number of aromatic amines is 1. The van der Waals surface area contributed by atoms with Gasteiger partial charge in [0.05, 0.1) is 11.9 Å². The number of nitrogens with one attached hydrogen (secondary N) is 2. The van der Waals surface area contributed by atoms with Crippen molar-refractivity contribution in [2.24, 2.45) is 11.7 Å². The van der Waals surface area contributed by atoms with Crippen molar-refractivity contribution in [1.29, 1.82) is 0 Å². The molecular formula is C17H25N5O. The zero-order valence-electron chi connectivity index (χ0n) is 14.0. The Morgan fingerprint density at radius 3 is 2.65 bits per heavy atom. The minimum absolute atomic E-state index is 0.0170. The fourth-order valence-electron chi connectivity index (χ4n) is 2.28. The van der Waals surface area contributed by atoms with E-state index in [4.69, 9.17) is 5.73 Å². The van der Waals surface area contributed by atoms with E-state index in [1.807, 2.05) is 51.4 Å². The molecule has 0 saturated heterocycles. The van der Waals surface area contributed by atoms with Crippen molar-refractivity contribution in [3.05, 3.63) is 36.0 Å². The molecule has 1 heterocycles. The zero-order chi connectivity index (χ0) is 16.8. The van der Waals surface area contributed by atoms with E-state index in [9.17, 15) is 4.79 Å². The Hall–Kier alpha value is -2.18. The summed E-state index contributed by atoms with van der Waals surface area (Å²) >= 11 is 0. The van der Waals surface area contributed by atoms with Crippen LogP contribution in [-0.4, -0.2) is 41.1 Å². The van der Waals surface area contributed by atoms with Crippen LogP contribution in [-0.2, 0) is 11.3 Å². The second-order valence-corrected chi connectivity index (χ2v) is 6.02. The molecule has 6 nitrogen and oxygen atoms in total. The van der Waals surface area contributed by atoms with Crippen LogP contribution in [0.25, 0.3) is 11.3 Å². The normalized spacial score (nSPS) is 11.2. The first-order chi connectivity index (χ1) is 11.0. The summed E-state index contributed by atoms with van der Waals surface area (Å²) in [6.45, 7) is 6.00. The molecule has 2 aromatic rings. The van der Waals surface area contributed by atoms with Crippen molar-refractivity contribution in [2.75, 3.05) is 25.5 Å². The molecule has 1 aromatic heterocycles. The van der Waals surface area contributed by atoms with Crippen molar-refractivity contribution in [2.45, 2.75) is 20.4 Å². The molecule has 0 aliphatic carbocycles. The van der Waals surface area contributed by atoms with Gasteiger partial charge >= 0.3 is 0 Å². The predicted molar refractivity (Wildman–Crippen MR) is 92.9 cm³/mol. The molecule has 0 fully saturated rings. The highest BCUT2D eigenvalue weighted by Crippen LogP contribution is 2.24. The van der Waals surface area contributed by atoms with E-state index in [1.165, 1.54) is 0 Å². The first-order valence-electron chi connectivity index (χ1n) is 7.83. The number of nitrogens with zero attached hydrogens (tertiary/aromatic N) is 2. The number of anilines is 1. The number of carbonyl (C=O) groups is 1. The molecule has 0 spiro atoms. The van der Waals surface area contributed by atoms with Crippen molar-refractivity contribution < 1.29 is 4.79 Å². The second-order valence-electron chi connectivity index (χ2n) is 6.02.